The van der Waals surface area contributed by atoms with Crippen LogP contribution in [-0.2, 0) is 27.7 Å². The summed E-state index contributed by atoms with van der Waals surface area (Å²) in [5, 5.41) is 32.8. The third kappa shape index (κ3) is 6.71. The SMILES string of the molecule is O=C([O-])c1ccc(-c2ccc(C(=O)[O-])nc2)c(C(=O)O)c1.[Co+2].[OH3+].[OH3+].c1cnc2c(c1)ccc1cccnc12. The second kappa shape index (κ2) is 13.5. The third-order valence-electron chi connectivity index (χ3n) is 5.11. The summed E-state index contributed by atoms with van der Waals surface area (Å²) in [4.78, 5) is 44.9. The molecule has 0 aliphatic rings. The van der Waals surface area contributed by atoms with Crippen molar-refractivity contribution in [3.05, 3.63) is 102 Å². The fraction of sp³-hybridized carbons (Fsp3) is 0. The second-order valence-electron chi connectivity index (χ2n) is 7.29. The minimum atomic E-state index is -1.49. The summed E-state index contributed by atoms with van der Waals surface area (Å²) in [5.74, 6) is -4.26. The quantitative estimate of drug-likeness (QED) is 0.231. The number of hydrogen-bond donors (Lipinski definition) is 1. The zero-order valence-corrected chi connectivity index (χ0v) is 20.4. The molecule has 12 heteroatoms. The zero-order chi connectivity index (χ0) is 24.9. The monoisotopic (exact) mass is 562 g/mol. The van der Waals surface area contributed by atoms with E-state index in [0.717, 1.165) is 27.9 Å². The van der Waals surface area contributed by atoms with Gasteiger partial charge in [-0.25, -0.2) is 4.79 Å². The molecule has 0 unspecified atom stereocenters. The number of carboxylic acids is 3. The van der Waals surface area contributed by atoms with Crippen LogP contribution < -0.4 is 10.2 Å². The van der Waals surface area contributed by atoms with Crippen molar-refractivity contribution in [1.29, 1.82) is 0 Å². The van der Waals surface area contributed by atoms with Gasteiger partial charge in [0.25, 0.3) is 0 Å². The Balaban J connectivity index is 0.000000373. The summed E-state index contributed by atoms with van der Waals surface area (Å²) in [5.41, 5.74) is 1.69. The first-order valence-electron chi connectivity index (χ1n) is 10.2. The van der Waals surface area contributed by atoms with Crippen LogP contribution in [0, 0.1) is 0 Å². The van der Waals surface area contributed by atoms with Gasteiger partial charge in [-0.15, -0.1) is 0 Å². The molecule has 0 atom stereocenters. The Labute approximate surface area is 225 Å². The van der Waals surface area contributed by atoms with Crippen molar-refractivity contribution in [3.8, 4) is 11.1 Å². The molecule has 38 heavy (non-hydrogen) atoms. The minimum absolute atomic E-state index is 0. The maximum absolute atomic E-state index is 11.2. The normalized spacial score (nSPS) is 9.58. The first-order chi connectivity index (χ1) is 16.8. The zero-order valence-electron chi connectivity index (χ0n) is 19.4. The number of nitrogens with zero attached hydrogens (tertiary/aromatic N) is 3. The molecule has 0 spiro atoms. The molecular formula is C26H21CoN3O8+2. The van der Waals surface area contributed by atoms with Gasteiger partial charge in [0.05, 0.1) is 34.2 Å². The Morgan fingerprint density at radius 3 is 1.74 bits per heavy atom. The number of benzene rings is 2. The molecule has 3 heterocycles. The molecule has 11 nitrogen and oxygen atoms in total. The predicted molar refractivity (Wildman–Crippen MR) is 132 cm³/mol. The molecule has 0 fully saturated rings. The fourth-order valence-corrected chi connectivity index (χ4v) is 3.45. The van der Waals surface area contributed by atoms with E-state index < -0.39 is 17.9 Å². The molecule has 0 aliphatic heterocycles. The third-order valence-corrected chi connectivity index (χ3v) is 5.11. The van der Waals surface area contributed by atoms with Gasteiger partial charge < -0.3 is 35.9 Å². The number of pyridine rings is 3. The summed E-state index contributed by atoms with van der Waals surface area (Å²) >= 11 is 0. The van der Waals surface area contributed by atoms with Crippen LogP contribution in [0.15, 0.2) is 85.3 Å². The van der Waals surface area contributed by atoms with E-state index in [9.17, 15) is 24.6 Å². The van der Waals surface area contributed by atoms with Crippen LogP contribution in [0.25, 0.3) is 32.9 Å². The van der Waals surface area contributed by atoms with Crippen LogP contribution >= 0.6 is 0 Å². The van der Waals surface area contributed by atoms with Gasteiger partial charge >= 0.3 is 22.7 Å². The molecule has 3 aromatic heterocycles. The Morgan fingerprint density at radius 1 is 0.711 bits per heavy atom. The summed E-state index contributed by atoms with van der Waals surface area (Å²) < 4.78 is 0. The number of aromatic carboxylic acids is 3. The van der Waals surface area contributed by atoms with E-state index in [-0.39, 0.29) is 50.1 Å². The Hall–Kier alpha value is -4.75. The molecule has 2 aromatic carbocycles. The maximum Gasteiger partial charge on any atom is 2.00 e. The smallest absolute Gasteiger partial charge is 0.545 e. The van der Waals surface area contributed by atoms with Gasteiger partial charge in [-0.05, 0) is 35.4 Å². The number of aromatic nitrogens is 3. The average molecular weight is 562 g/mol. The Kier molecular flexibility index (Phi) is 11.1. The molecule has 1 radical (unpaired) electrons. The van der Waals surface area contributed by atoms with Crippen molar-refractivity contribution >= 4 is 39.7 Å². The number of hydrogen-bond acceptors (Lipinski definition) is 8. The first-order valence-corrected chi connectivity index (χ1v) is 10.2. The number of rotatable bonds is 4. The number of carbonyl (C=O) groups is 3. The van der Waals surface area contributed by atoms with Crippen LogP contribution in [0.3, 0.4) is 0 Å². The van der Waals surface area contributed by atoms with Gasteiger partial charge in [-0.2, -0.15) is 0 Å². The van der Waals surface area contributed by atoms with E-state index in [2.05, 4.69) is 39.2 Å². The summed E-state index contributed by atoms with van der Waals surface area (Å²) in [6.07, 6.45) is 4.78. The number of carboxylic acid groups (broad SMARTS) is 3. The maximum atomic E-state index is 11.2. The van der Waals surface area contributed by atoms with Crippen LogP contribution in [0.2, 0.25) is 0 Å². The van der Waals surface area contributed by atoms with E-state index in [0.29, 0.717) is 5.56 Å². The van der Waals surface area contributed by atoms with Gasteiger partial charge in [0.2, 0.25) is 0 Å². The van der Waals surface area contributed by atoms with E-state index in [4.69, 9.17) is 5.11 Å². The van der Waals surface area contributed by atoms with E-state index in [1.54, 1.807) is 12.4 Å². The van der Waals surface area contributed by atoms with Crippen molar-refractivity contribution in [1.82, 2.24) is 15.0 Å². The topological polar surface area (TPSA) is 222 Å². The summed E-state index contributed by atoms with van der Waals surface area (Å²) in [6.45, 7) is 0. The predicted octanol–water partition coefficient (Wildman–Crippen LogP) is 0.110. The van der Waals surface area contributed by atoms with Gasteiger partial charge in [0, 0.05) is 34.9 Å². The molecule has 195 valence electrons. The molecule has 7 N–H and O–H groups in total. The summed E-state index contributed by atoms with van der Waals surface area (Å²) in [6, 6.07) is 18.1. The summed E-state index contributed by atoms with van der Waals surface area (Å²) in [7, 11) is 0. The van der Waals surface area contributed by atoms with Crippen molar-refractivity contribution in [2.24, 2.45) is 0 Å². The number of carbonyl (C=O) groups excluding carboxylic acids is 2. The standard InChI is InChI=1S/C14H9NO6.C12H8N2.Co.2H2O/c16-12(17)7-1-3-9(10(5-7)13(18)19)8-2-4-11(14(20)21)15-6-8;1-3-9-5-6-10-4-2-8-14-12(10)11(9)13-7-1;;;/h1-6H,(H,16,17)(H,18,19)(H,20,21);1-8H;;2*1H2/q;;+2;;. The molecule has 0 saturated heterocycles. The Morgan fingerprint density at radius 2 is 1.29 bits per heavy atom. The molecule has 0 amide bonds. The largest absolute Gasteiger partial charge is 2.00 e. The second-order valence-corrected chi connectivity index (χ2v) is 7.29. The molecule has 0 aliphatic carbocycles. The van der Waals surface area contributed by atoms with Crippen LogP contribution in [0.5, 0.6) is 0 Å². The van der Waals surface area contributed by atoms with Crippen LogP contribution in [0.4, 0.5) is 0 Å². The molecule has 0 saturated carbocycles. The Bertz CT molecular complexity index is 1540. The van der Waals surface area contributed by atoms with Crippen LogP contribution in [0.1, 0.15) is 31.2 Å². The molecule has 5 rings (SSSR count). The average Bonchev–Trinajstić information content (AvgIpc) is 2.88. The molecular weight excluding hydrogens is 541 g/mol. The van der Waals surface area contributed by atoms with Crippen molar-refractivity contribution in [2.45, 2.75) is 0 Å². The molecule has 5 aromatic rings. The minimum Gasteiger partial charge on any atom is -0.545 e. The fourth-order valence-electron chi connectivity index (χ4n) is 3.45. The van der Waals surface area contributed by atoms with Crippen molar-refractivity contribution in [2.75, 3.05) is 0 Å². The van der Waals surface area contributed by atoms with Gasteiger partial charge in [0.15, 0.2) is 0 Å². The van der Waals surface area contributed by atoms with E-state index >= 15 is 0 Å². The van der Waals surface area contributed by atoms with Crippen LogP contribution in [-0.4, -0.2) is 38.0 Å². The van der Waals surface area contributed by atoms with Gasteiger partial charge in [-0.3, -0.25) is 15.0 Å². The van der Waals surface area contributed by atoms with E-state index in [1.807, 2.05) is 12.1 Å². The van der Waals surface area contributed by atoms with Gasteiger partial charge in [0.1, 0.15) is 0 Å². The first kappa shape index (κ1) is 31.3. The number of fused-ring (bicyclic) bond motifs is 3. The van der Waals surface area contributed by atoms with Gasteiger partial charge in [-0.1, -0.05) is 42.5 Å². The molecule has 0 bridgehead atoms. The van der Waals surface area contributed by atoms with E-state index in [1.165, 1.54) is 30.5 Å². The van der Waals surface area contributed by atoms with Crippen molar-refractivity contribution in [3.63, 3.8) is 0 Å². The van der Waals surface area contributed by atoms with Crippen molar-refractivity contribution < 1.29 is 57.4 Å².